The molecule has 0 bridgehead atoms. The van der Waals surface area contributed by atoms with Crippen LogP contribution in [0.4, 0.5) is 0 Å². The molecule has 4 nitrogen and oxygen atoms in total. The van der Waals surface area contributed by atoms with Crippen molar-refractivity contribution < 1.29 is 5.11 Å². The molecule has 3 aromatic rings. The Kier molecular flexibility index (Phi) is 2.64. The second kappa shape index (κ2) is 4.31. The van der Waals surface area contributed by atoms with Crippen LogP contribution < -0.4 is 0 Å². The molecular weight excluding hydrogens is 250 g/mol. The van der Waals surface area contributed by atoms with E-state index in [-0.39, 0.29) is 5.75 Å². The molecule has 2 aromatic heterocycles. The summed E-state index contributed by atoms with van der Waals surface area (Å²) in [6.45, 7) is 0. The Hall–Kier alpha value is -2.07. The van der Waals surface area contributed by atoms with Gasteiger partial charge in [0.25, 0.3) is 0 Å². The first kappa shape index (κ1) is 11.0. The molecule has 0 aliphatic carbocycles. The number of rotatable bonds is 2. The zero-order chi connectivity index (χ0) is 12.5. The average molecular weight is 260 g/mol. The second-order valence-corrected chi connectivity index (χ2v) is 4.44. The maximum absolute atomic E-state index is 9.65. The highest BCUT2D eigenvalue weighted by atomic mass is 35.5. The van der Waals surface area contributed by atoms with Crippen LogP contribution in [0.25, 0.3) is 5.65 Å². The predicted octanol–water partition coefficient (Wildman–Crippen LogP) is 2.68. The Morgan fingerprint density at radius 2 is 1.89 bits per heavy atom. The topological polar surface area (TPSA) is 50.4 Å². The summed E-state index contributed by atoms with van der Waals surface area (Å²) in [5, 5.41) is 18.4. The molecule has 0 fully saturated rings. The van der Waals surface area contributed by atoms with Crippen molar-refractivity contribution in [2.75, 3.05) is 0 Å². The molecule has 1 N–H and O–H groups in total. The molecule has 0 spiro atoms. The van der Waals surface area contributed by atoms with Gasteiger partial charge < -0.3 is 5.11 Å². The van der Waals surface area contributed by atoms with Gasteiger partial charge in [0.05, 0.1) is 0 Å². The van der Waals surface area contributed by atoms with Gasteiger partial charge >= 0.3 is 0 Å². The van der Waals surface area contributed by atoms with Crippen LogP contribution in [0, 0.1) is 0 Å². The van der Waals surface area contributed by atoms with Crippen LogP contribution in [-0.4, -0.2) is 19.7 Å². The zero-order valence-electron chi connectivity index (χ0n) is 9.42. The summed E-state index contributed by atoms with van der Waals surface area (Å²) in [4.78, 5) is 0. The van der Waals surface area contributed by atoms with Crippen molar-refractivity contribution in [3.8, 4) is 5.75 Å². The van der Waals surface area contributed by atoms with E-state index < -0.39 is 0 Å². The highest BCUT2D eigenvalue weighted by Crippen LogP contribution is 2.18. The maximum Gasteiger partial charge on any atom is 0.203 e. The van der Waals surface area contributed by atoms with Gasteiger partial charge in [-0.15, -0.1) is 10.2 Å². The van der Waals surface area contributed by atoms with Gasteiger partial charge in [-0.3, -0.25) is 4.40 Å². The summed E-state index contributed by atoms with van der Waals surface area (Å²) in [5.74, 6) is 0.913. The van der Waals surface area contributed by atoms with Crippen LogP contribution in [-0.2, 0) is 6.42 Å². The van der Waals surface area contributed by atoms with E-state index in [1.807, 2.05) is 30.5 Å². The van der Waals surface area contributed by atoms with E-state index >= 15 is 0 Å². The Labute approximate surface area is 108 Å². The van der Waals surface area contributed by atoms with Gasteiger partial charge in [0.1, 0.15) is 5.82 Å². The van der Waals surface area contributed by atoms with Crippen molar-refractivity contribution in [3.63, 3.8) is 0 Å². The van der Waals surface area contributed by atoms with E-state index in [0.29, 0.717) is 17.1 Å². The van der Waals surface area contributed by atoms with E-state index in [1.54, 1.807) is 16.5 Å². The third kappa shape index (κ3) is 1.91. The summed E-state index contributed by atoms with van der Waals surface area (Å²) in [6, 6.07) is 10.9. The molecule has 2 heterocycles. The Morgan fingerprint density at radius 1 is 1.11 bits per heavy atom. The minimum atomic E-state index is 0.132. The highest BCUT2D eigenvalue weighted by Gasteiger charge is 2.08. The Bertz CT molecular complexity index is 691. The summed E-state index contributed by atoms with van der Waals surface area (Å²) in [6.07, 6.45) is 2.47. The summed E-state index contributed by atoms with van der Waals surface area (Å²) in [5.41, 5.74) is 1.57. The number of hydrogen-bond acceptors (Lipinski definition) is 3. The quantitative estimate of drug-likeness (QED) is 0.770. The number of fused-ring (bicyclic) bond motifs is 1. The molecule has 90 valence electrons. The molecule has 5 heteroatoms. The van der Waals surface area contributed by atoms with Crippen molar-refractivity contribution in [1.29, 1.82) is 0 Å². The molecule has 0 saturated heterocycles. The molecule has 1 aromatic carbocycles. The lowest BCUT2D eigenvalue weighted by Gasteiger charge is -2.01. The molecule has 0 unspecified atom stereocenters. The van der Waals surface area contributed by atoms with Gasteiger partial charge in [0.15, 0.2) is 5.75 Å². The molecule has 3 rings (SSSR count). The molecular formula is C13H10ClN3O. The minimum absolute atomic E-state index is 0.132. The number of hydrogen-bond donors (Lipinski definition) is 1. The first-order chi connectivity index (χ1) is 8.74. The fourth-order valence-corrected chi connectivity index (χ4v) is 1.98. The number of nitrogens with zero attached hydrogens (tertiary/aromatic N) is 3. The second-order valence-electron chi connectivity index (χ2n) is 4.01. The van der Waals surface area contributed by atoms with Crippen molar-refractivity contribution in [1.82, 2.24) is 14.6 Å². The summed E-state index contributed by atoms with van der Waals surface area (Å²) < 4.78 is 1.78. The van der Waals surface area contributed by atoms with Crippen LogP contribution >= 0.6 is 11.6 Å². The van der Waals surface area contributed by atoms with E-state index in [4.69, 9.17) is 11.6 Å². The van der Waals surface area contributed by atoms with Crippen LogP contribution in [0.2, 0.25) is 5.02 Å². The lowest BCUT2D eigenvalue weighted by atomic mass is 10.1. The van der Waals surface area contributed by atoms with Gasteiger partial charge in [-0.1, -0.05) is 23.7 Å². The van der Waals surface area contributed by atoms with Gasteiger partial charge in [0, 0.05) is 17.6 Å². The molecule has 0 aliphatic rings. The summed E-state index contributed by atoms with van der Waals surface area (Å²) in [7, 11) is 0. The maximum atomic E-state index is 9.65. The van der Waals surface area contributed by atoms with Crippen LogP contribution in [0.15, 0.2) is 42.6 Å². The number of aromatic hydroxyl groups is 1. The minimum Gasteiger partial charge on any atom is -0.504 e. The fraction of sp³-hybridized carbons (Fsp3) is 0.0769. The Balaban J connectivity index is 2.00. The van der Waals surface area contributed by atoms with Gasteiger partial charge in [-0.25, -0.2) is 0 Å². The third-order valence-corrected chi connectivity index (χ3v) is 3.01. The molecule has 0 atom stereocenters. The van der Waals surface area contributed by atoms with E-state index in [0.717, 1.165) is 11.4 Å². The Morgan fingerprint density at radius 3 is 2.67 bits per heavy atom. The summed E-state index contributed by atoms with van der Waals surface area (Å²) >= 11 is 5.84. The van der Waals surface area contributed by atoms with Crippen LogP contribution in [0.5, 0.6) is 5.75 Å². The number of aromatic nitrogens is 3. The molecule has 0 aliphatic heterocycles. The molecule has 0 radical (unpaired) electrons. The number of pyridine rings is 1. The first-order valence-corrected chi connectivity index (χ1v) is 5.88. The van der Waals surface area contributed by atoms with Gasteiger partial charge in [0.2, 0.25) is 5.65 Å². The van der Waals surface area contributed by atoms with Crippen molar-refractivity contribution in [3.05, 3.63) is 59.0 Å². The fourth-order valence-electron chi connectivity index (χ4n) is 1.86. The predicted molar refractivity (Wildman–Crippen MR) is 68.9 cm³/mol. The third-order valence-electron chi connectivity index (χ3n) is 2.76. The van der Waals surface area contributed by atoms with E-state index in [9.17, 15) is 5.11 Å². The smallest absolute Gasteiger partial charge is 0.203 e. The molecule has 18 heavy (non-hydrogen) atoms. The van der Waals surface area contributed by atoms with Crippen LogP contribution in [0.1, 0.15) is 11.4 Å². The van der Waals surface area contributed by atoms with Gasteiger partial charge in [-0.05, 0) is 29.8 Å². The van der Waals surface area contributed by atoms with Crippen molar-refractivity contribution in [2.45, 2.75) is 6.42 Å². The largest absolute Gasteiger partial charge is 0.504 e. The molecule has 0 amide bonds. The van der Waals surface area contributed by atoms with E-state index in [2.05, 4.69) is 10.2 Å². The lowest BCUT2D eigenvalue weighted by Crippen LogP contribution is -1.95. The normalized spacial score (nSPS) is 10.9. The lowest BCUT2D eigenvalue weighted by molar-refractivity contribution is 0.477. The van der Waals surface area contributed by atoms with Crippen LogP contribution in [0.3, 0.4) is 0 Å². The highest BCUT2D eigenvalue weighted by molar-refractivity contribution is 6.30. The van der Waals surface area contributed by atoms with Crippen molar-refractivity contribution in [2.24, 2.45) is 0 Å². The SMILES string of the molecule is Oc1cccn2c(Cc3ccc(Cl)cc3)nnc12. The standard InChI is InChI=1S/C13H10ClN3O/c14-10-5-3-9(4-6-10)8-12-15-16-13-11(18)2-1-7-17(12)13/h1-7,18H,8H2. The van der Waals surface area contributed by atoms with Crippen molar-refractivity contribution >= 4 is 17.2 Å². The monoisotopic (exact) mass is 259 g/mol. The van der Waals surface area contributed by atoms with Gasteiger partial charge in [-0.2, -0.15) is 0 Å². The van der Waals surface area contributed by atoms with E-state index in [1.165, 1.54) is 0 Å². The number of halogens is 1. The first-order valence-electron chi connectivity index (χ1n) is 5.50. The average Bonchev–Trinajstić information content (AvgIpc) is 2.77. The number of benzene rings is 1. The molecule has 0 saturated carbocycles. The zero-order valence-corrected chi connectivity index (χ0v) is 10.2.